The highest BCUT2D eigenvalue weighted by Crippen LogP contribution is 2.39. The minimum absolute atomic E-state index is 0.121. The largest absolute Gasteiger partial charge is 0.436 e. The van der Waals surface area contributed by atoms with E-state index < -0.39 is 28.9 Å². The number of nitrogens with one attached hydrogen (secondary N) is 2. The predicted octanol–water partition coefficient (Wildman–Crippen LogP) is 3.74. The number of aromatic nitrogens is 4. The Labute approximate surface area is 166 Å². The average Bonchev–Trinajstić information content (AvgIpc) is 3.18. The van der Waals surface area contributed by atoms with Gasteiger partial charge in [0.1, 0.15) is 5.56 Å². The number of pyridine rings is 1. The van der Waals surface area contributed by atoms with Gasteiger partial charge in [0.05, 0.1) is 11.2 Å². The van der Waals surface area contributed by atoms with Crippen LogP contribution in [-0.4, -0.2) is 19.5 Å². The fourth-order valence-electron chi connectivity index (χ4n) is 3.33. The summed E-state index contributed by atoms with van der Waals surface area (Å²) in [5.41, 5.74) is -0.404. The molecule has 30 heavy (non-hydrogen) atoms. The van der Waals surface area contributed by atoms with Gasteiger partial charge in [0, 0.05) is 36.0 Å². The summed E-state index contributed by atoms with van der Waals surface area (Å²) in [7, 11) is 1.52. The summed E-state index contributed by atoms with van der Waals surface area (Å²) in [6, 6.07) is 6.81. The third-order valence-corrected chi connectivity index (χ3v) is 4.78. The maximum absolute atomic E-state index is 13.3. The van der Waals surface area contributed by atoms with Crippen molar-refractivity contribution in [3.8, 4) is 22.9 Å². The Balaban J connectivity index is 1.89. The van der Waals surface area contributed by atoms with Gasteiger partial charge in [-0.3, -0.25) is 14.3 Å². The number of H-pyrrole nitrogens is 2. The number of nitrogens with zero attached hydrogens (tertiary/aromatic N) is 2. The second-order valence-corrected chi connectivity index (χ2v) is 6.63. The quantitative estimate of drug-likeness (QED) is 0.532. The van der Waals surface area contributed by atoms with Crippen molar-refractivity contribution in [2.75, 3.05) is 0 Å². The maximum atomic E-state index is 13.3. The molecule has 0 unspecified atom stereocenters. The van der Waals surface area contributed by atoms with Gasteiger partial charge >= 0.3 is 11.9 Å². The van der Waals surface area contributed by atoms with Gasteiger partial charge in [0.15, 0.2) is 5.75 Å². The van der Waals surface area contributed by atoms with Gasteiger partial charge in [-0.05, 0) is 37.3 Å². The third kappa shape index (κ3) is 3.15. The molecule has 0 fully saturated rings. The van der Waals surface area contributed by atoms with Crippen LogP contribution in [0.5, 0.6) is 11.6 Å². The monoisotopic (exact) mass is 416 g/mol. The summed E-state index contributed by atoms with van der Waals surface area (Å²) >= 11 is 0. The molecule has 0 atom stereocenters. The molecule has 3 heterocycles. The number of fused-ring (bicyclic) bond motifs is 1. The number of ether oxygens (including phenoxy) is 1. The molecular weight excluding hydrogens is 401 g/mol. The zero-order valence-electron chi connectivity index (χ0n) is 15.8. The summed E-state index contributed by atoms with van der Waals surface area (Å²) in [6.45, 7) is 1.58. The first kappa shape index (κ1) is 19.5. The van der Waals surface area contributed by atoms with E-state index in [2.05, 4.69) is 15.0 Å². The Hall–Kier alpha value is -3.82. The van der Waals surface area contributed by atoms with Crippen molar-refractivity contribution in [2.45, 2.75) is 13.1 Å². The smallest absolute Gasteiger partial charge is 0.421 e. The lowest BCUT2D eigenvalue weighted by molar-refractivity contribution is -0.138. The van der Waals surface area contributed by atoms with Gasteiger partial charge in [0.25, 0.3) is 5.56 Å². The summed E-state index contributed by atoms with van der Waals surface area (Å²) in [5, 5.41) is 0.570. The molecule has 0 radical (unpaired) electrons. The number of halogens is 3. The Kier molecular flexibility index (Phi) is 4.49. The molecule has 0 aliphatic rings. The highest BCUT2D eigenvalue weighted by atomic mass is 19.4. The fourth-order valence-corrected chi connectivity index (χ4v) is 3.33. The number of aromatic amines is 2. The van der Waals surface area contributed by atoms with Crippen LogP contribution in [0.15, 0.2) is 52.3 Å². The molecule has 0 amide bonds. The van der Waals surface area contributed by atoms with E-state index in [1.165, 1.54) is 29.9 Å². The van der Waals surface area contributed by atoms with E-state index >= 15 is 0 Å². The fraction of sp³-hybridized carbons (Fsp3) is 0.150. The third-order valence-electron chi connectivity index (χ3n) is 4.78. The summed E-state index contributed by atoms with van der Waals surface area (Å²) in [5.74, 6) is -0.455. The molecule has 3 aromatic heterocycles. The maximum Gasteiger partial charge on any atom is 0.421 e. The summed E-state index contributed by atoms with van der Waals surface area (Å²) in [6.07, 6.45) is -1.83. The van der Waals surface area contributed by atoms with Crippen LogP contribution in [0.1, 0.15) is 11.1 Å². The van der Waals surface area contributed by atoms with E-state index in [4.69, 9.17) is 4.74 Å². The van der Waals surface area contributed by atoms with Crippen LogP contribution in [0, 0.1) is 6.92 Å². The van der Waals surface area contributed by atoms with E-state index in [0.717, 1.165) is 6.07 Å². The van der Waals surface area contributed by atoms with Crippen LogP contribution in [-0.2, 0) is 13.2 Å². The zero-order valence-corrected chi connectivity index (χ0v) is 15.8. The Bertz CT molecular complexity index is 1350. The second kappa shape index (κ2) is 6.90. The number of alkyl halides is 3. The minimum Gasteiger partial charge on any atom is -0.436 e. The predicted molar refractivity (Wildman–Crippen MR) is 104 cm³/mol. The van der Waals surface area contributed by atoms with Gasteiger partial charge < -0.3 is 9.72 Å². The second-order valence-electron chi connectivity index (χ2n) is 6.63. The summed E-state index contributed by atoms with van der Waals surface area (Å²) < 4.78 is 46.6. The number of rotatable bonds is 3. The van der Waals surface area contributed by atoms with Crippen LogP contribution in [0.2, 0.25) is 0 Å². The molecule has 10 heteroatoms. The first-order valence-corrected chi connectivity index (χ1v) is 8.79. The van der Waals surface area contributed by atoms with E-state index in [1.54, 1.807) is 25.3 Å². The first-order chi connectivity index (χ1) is 14.2. The number of benzene rings is 1. The molecule has 154 valence electrons. The van der Waals surface area contributed by atoms with Crippen molar-refractivity contribution in [3.05, 3.63) is 74.7 Å². The molecule has 0 aliphatic carbocycles. The van der Waals surface area contributed by atoms with E-state index in [-0.39, 0.29) is 5.75 Å². The van der Waals surface area contributed by atoms with E-state index in [1.807, 2.05) is 0 Å². The number of hydrogen-bond acceptors (Lipinski definition) is 4. The van der Waals surface area contributed by atoms with Crippen molar-refractivity contribution in [1.29, 1.82) is 0 Å². The highest BCUT2D eigenvalue weighted by Gasteiger charge is 2.35. The molecule has 0 bridgehead atoms. The lowest BCUT2D eigenvalue weighted by Gasteiger charge is -2.15. The van der Waals surface area contributed by atoms with Crippen molar-refractivity contribution >= 4 is 10.9 Å². The molecule has 0 saturated heterocycles. The molecule has 0 spiro atoms. The van der Waals surface area contributed by atoms with Crippen molar-refractivity contribution in [2.24, 2.45) is 7.05 Å². The van der Waals surface area contributed by atoms with Crippen molar-refractivity contribution in [1.82, 2.24) is 19.5 Å². The van der Waals surface area contributed by atoms with Gasteiger partial charge in [-0.15, -0.1) is 0 Å². The molecule has 1 aromatic carbocycles. The van der Waals surface area contributed by atoms with Gasteiger partial charge in [-0.2, -0.15) is 13.2 Å². The lowest BCUT2D eigenvalue weighted by Crippen LogP contribution is -2.31. The molecule has 2 N–H and O–H groups in total. The van der Waals surface area contributed by atoms with Crippen LogP contribution in [0.25, 0.3) is 22.2 Å². The SMILES string of the molecule is Cc1c(-c2ccc(Oc3ncccc3C(F)(F)F)c3[nH]ccc23)n(C)c(=O)[nH]c1=O. The van der Waals surface area contributed by atoms with E-state index in [0.29, 0.717) is 27.7 Å². The van der Waals surface area contributed by atoms with Gasteiger partial charge in [0.2, 0.25) is 5.88 Å². The first-order valence-electron chi connectivity index (χ1n) is 8.79. The highest BCUT2D eigenvalue weighted by molar-refractivity contribution is 5.98. The molecule has 4 rings (SSSR count). The minimum atomic E-state index is -4.63. The Morgan fingerprint density at radius 3 is 2.63 bits per heavy atom. The van der Waals surface area contributed by atoms with Gasteiger partial charge in [-0.1, -0.05) is 0 Å². The van der Waals surface area contributed by atoms with E-state index in [9.17, 15) is 22.8 Å². The van der Waals surface area contributed by atoms with Crippen LogP contribution in [0.3, 0.4) is 0 Å². The lowest BCUT2D eigenvalue weighted by atomic mass is 10.0. The van der Waals surface area contributed by atoms with Gasteiger partial charge in [-0.25, -0.2) is 9.78 Å². The van der Waals surface area contributed by atoms with Crippen LogP contribution >= 0.6 is 0 Å². The molecule has 7 nitrogen and oxygen atoms in total. The zero-order chi connectivity index (χ0) is 21.6. The van der Waals surface area contributed by atoms with Crippen molar-refractivity contribution < 1.29 is 17.9 Å². The Morgan fingerprint density at radius 1 is 1.13 bits per heavy atom. The molecular formula is C20H15F3N4O3. The molecule has 0 aliphatic heterocycles. The summed E-state index contributed by atoms with van der Waals surface area (Å²) in [4.78, 5) is 33.0. The van der Waals surface area contributed by atoms with Crippen LogP contribution < -0.4 is 16.0 Å². The normalized spacial score (nSPS) is 11.8. The average molecular weight is 416 g/mol. The molecule has 4 aromatic rings. The Morgan fingerprint density at radius 2 is 1.90 bits per heavy atom. The molecule has 0 saturated carbocycles. The number of hydrogen-bond donors (Lipinski definition) is 2. The standard InChI is InChI=1S/C20H15F3N4O3/c1-10-16(27(2)19(29)26-17(10)28)12-5-6-14(15-11(12)7-9-24-15)30-18-13(20(21,22)23)4-3-8-25-18/h3-9,24H,1-2H3,(H,26,28,29). The topological polar surface area (TPSA) is 92.8 Å². The van der Waals surface area contributed by atoms with Crippen molar-refractivity contribution in [3.63, 3.8) is 0 Å². The van der Waals surface area contributed by atoms with Crippen LogP contribution in [0.4, 0.5) is 13.2 Å².